The number of aromatic nitrogens is 1. The number of carbonyl (C=O) groups is 1. The van der Waals surface area contributed by atoms with Crippen molar-refractivity contribution in [2.24, 2.45) is 0 Å². The van der Waals surface area contributed by atoms with Crippen molar-refractivity contribution in [1.82, 2.24) is 5.16 Å². The SMILES string of the molecule is COc1ccccc1-c1cc(COc2ccc(C(=O)C=Cc3ccccc3)cc2)on1. The first-order valence-corrected chi connectivity index (χ1v) is 9.82. The minimum Gasteiger partial charge on any atom is -0.496 e. The topological polar surface area (TPSA) is 61.6 Å². The van der Waals surface area contributed by atoms with Gasteiger partial charge in [-0.3, -0.25) is 4.79 Å². The van der Waals surface area contributed by atoms with Crippen LogP contribution in [0.3, 0.4) is 0 Å². The lowest BCUT2D eigenvalue weighted by atomic mass is 10.1. The van der Waals surface area contributed by atoms with Crippen molar-refractivity contribution in [3.8, 4) is 22.8 Å². The summed E-state index contributed by atoms with van der Waals surface area (Å²) < 4.78 is 16.5. The standard InChI is InChI=1S/C26H21NO4/c1-29-26-10-6-5-9-23(26)24-17-22(31-27-24)18-30-21-14-12-20(13-15-21)25(28)16-11-19-7-3-2-4-8-19/h2-17H,18H2,1H3. The molecular weight excluding hydrogens is 390 g/mol. The van der Waals surface area contributed by atoms with E-state index in [1.165, 1.54) is 0 Å². The summed E-state index contributed by atoms with van der Waals surface area (Å²) in [6, 6.07) is 26.2. The van der Waals surface area contributed by atoms with Gasteiger partial charge in [0.15, 0.2) is 11.5 Å². The second kappa shape index (κ2) is 9.59. The van der Waals surface area contributed by atoms with Crippen LogP contribution < -0.4 is 9.47 Å². The zero-order chi connectivity index (χ0) is 21.5. The van der Waals surface area contributed by atoms with Crippen LogP contribution in [0.15, 0.2) is 95.5 Å². The molecular formula is C26H21NO4. The molecule has 31 heavy (non-hydrogen) atoms. The Labute approximate surface area is 180 Å². The number of benzene rings is 3. The molecule has 154 valence electrons. The Kier molecular flexibility index (Phi) is 6.24. The summed E-state index contributed by atoms with van der Waals surface area (Å²) >= 11 is 0. The van der Waals surface area contributed by atoms with Crippen molar-refractivity contribution in [2.75, 3.05) is 7.11 Å². The van der Waals surface area contributed by atoms with Gasteiger partial charge in [-0.25, -0.2) is 0 Å². The van der Waals surface area contributed by atoms with Crippen molar-refractivity contribution < 1.29 is 18.8 Å². The number of carbonyl (C=O) groups excluding carboxylic acids is 1. The molecule has 0 aliphatic heterocycles. The molecule has 0 fully saturated rings. The van der Waals surface area contributed by atoms with Gasteiger partial charge in [0, 0.05) is 17.2 Å². The number of hydrogen-bond donors (Lipinski definition) is 0. The van der Waals surface area contributed by atoms with Crippen LogP contribution in [0.1, 0.15) is 21.7 Å². The van der Waals surface area contributed by atoms with E-state index in [2.05, 4.69) is 5.16 Å². The molecule has 1 heterocycles. The van der Waals surface area contributed by atoms with E-state index < -0.39 is 0 Å². The van der Waals surface area contributed by atoms with Gasteiger partial charge in [0.2, 0.25) is 0 Å². The lowest BCUT2D eigenvalue weighted by Crippen LogP contribution is -1.96. The first kappa shape index (κ1) is 20.2. The summed E-state index contributed by atoms with van der Waals surface area (Å²) in [4.78, 5) is 12.3. The second-order valence-electron chi connectivity index (χ2n) is 6.80. The van der Waals surface area contributed by atoms with Gasteiger partial charge in [0.05, 0.1) is 7.11 Å². The van der Waals surface area contributed by atoms with Crippen molar-refractivity contribution in [3.63, 3.8) is 0 Å². The highest BCUT2D eigenvalue weighted by atomic mass is 16.5. The largest absolute Gasteiger partial charge is 0.496 e. The average molecular weight is 411 g/mol. The molecule has 5 nitrogen and oxygen atoms in total. The average Bonchev–Trinajstić information content (AvgIpc) is 3.31. The molecule has 0 atom stereocenters. The molecule has 0 saturated heterocycles. The zero-order valence-corrected chi connectivity index (χ0v) is 17.0. The molecule has 5 heteroatoms. The number of para-hydroxylation sites is 1. The maximum absolute atomic E-state index is 12.3. The molecule has 0 N–H and O–H groups in total. The Morgan fingerprint density at radius 3 is 2.48 bits per heavy atom. The van der Waals surface area contributed by atoms with Crippen LogP contribution in [0.25, 0.3) is 17.3 Å². The molecule has 1 aromatic heterocycles. The number of ketones is 1. The molecule has 0 saturated carbocycles. The van der Waals surface area contributed by atoms with E-state index in [-0.39, 0.29) is 12.4 Å². The number of ether oxygens (including phenoxy) is 2. The molecule has 3 aromatic carbocycles. The third-order valence-corrected chi connectivity index (χ3v) is 4.69. The van der Waals surface area contributed by atoms with Gasteiger partial charge in [-0.2, -0.15) is 0 Å². The molecule has 0 unspecified atom stereocenters. The minimum atomic E-state index is -0.0629. The molecule has 4 aromatic rings. The van der Waals surface area contributed by atoms with E-state index in [1.54, 1.807) is 43.5 Å². The van der Waals surface area contributed by atoms with Crippen LogP contribution in [0.5, 0.6) is 11.5 Å². The lowest BCUT2D eigenvalue weighted by Gasteiger charge is -2.04. The Bertz CT molecular complexity index is 1180. The summed E-state index contributed by atoms with van der Waals surface area (Å²) in [6.07, 6.45) is 3.37. The molecule has 0 bridgehead atoms. The normalized spacial score (nSPS) is 10.9. The second-order valence-corrected chi connectivity index (χ2v) is 6.80. The highest BCUT2D eigenvalue weighted by Gasteiger charge is 2.11. The molecule has 0 aliphatic carbocycles. The third-order valence-electron chi connectivity index (χ3n) is 4.69. The molecule has 0 amide bonds. The maximum atomic E-state index is 12.3. The smallest absolute Gasteiger partial charge is 0.185 e. The van der Waals surface area contributed by atoms with Crippen LogP contribution in [0, 0.1) is 0 Å². The number of allylic oxidation sites excluding steroid dienone is 1. The molecule has 0 spiro atoms. The van der Waals surface area contributed by atoms with Crippen LogP contribution in [0.2, 0.25) is 0 Å². The fourth-order valence-corrected chi connectivity index (χ4v) is 3.07. The Morgan fingerprint density at radius 1 is 0.968 bits per heavy atom. The van der Waals surface area contributed by atoms with Gasteiger partial charge in [0.25, 0.3) is 0 Å². The van der Waals surface area contributed by atoms with Gasteiger partial charge in [-0.05, 0) is 48.0 Å². The first-order valence-electron chi connectivity index (χ1n) is 9.82. The van der Waals surface area contributed by atoms with Crippen molar-refractivity contribution in [1.29, 1.82) is 0 Å². The first-order chi connectivity index (χ1) is 15.2. The van der Waals surface area contributed by atoms with Crippen LogP contribution in [-0.4, -0.2) is 18.0 Å². The van der Waals surface area contributed by atoms with Gasteiger partial charge in [-0.15, -0.1) is 0 Å². The predicted octanol–water partition coefficient (Wildman–Crippen LogP) is 5.83. The monoisotopic (exact) mass is 411 g/mol. The van der Waals surface area contributed by atoms with E-state index in [4.69, 9.17) is 14.0 Å². The third kappa shape index (κ3) is 5.08. The minimum absolute atomic E-state index is 0.0629. The van der Waals surface area contributed by atoms with Gasteiger partial charge in [0.1, 0.15) is 23.8 Å². The van der Waals surface area contributed by atoms with E-state index in [9.17, 15) is 4.79 Å². The fraction of sp³-hybridized carbons (Fsp3) is 0.0769. The predicted molar refractivity (Wildman–Crippen MR) is 119 cm³/mol. The maximum Gasteiger partial charge on any atom is 0.185 e. The van der Waals surface area contributed by atoms with Crippen LogP contribution >= 0.6 is 0 Å². The van der Waals surface area contributed by atoms with Crippen molar-refractivity contribution >= 4 is 11.9 Å². The number of methoxy groups -OCH3 is 1. The molecule has 0 aliphatic rings. The highest BCUT2D eigenvalue weighted by Crippen LogP contribution is 2.29. The van der Waals surface area contributed by atoms with Crippen molar-refractivity contribution in [2.45, 2.75) is 6.61 Å². The highest BCUT2D eigenvalue weighted by molar-refractivity contribution is 6.06. The quantitative estimate of drug-likeness (QED) is 0.270. The van der Waals surface area contributed by atoms with Gasteiger partial charge in [-0.1, -0.05) is 53.7 Å². The van der Waals surface area contributed by atoms with Crippen LogP contribution in [-0.2, 0) is 6.61 Å². The van der Waals surface area contributed by atoms with Crippen molar-refractivity contribution in [3.05, 3.63) is 108 Å². The fourth-order valence-electron chi connectivity index (χ4n) is 3.07. The van der Waals surface area contributed by atoms with Gasteiger partial charge >= 0.3 is 0 Å². The summed E-state index contributed by atoms with van der Waals surface area (Å²) in [6.45, 7) is 0.226. The number of hydrogen-bond acceptors (Lipinski definition) is 5. The zero-order valence-electron chi connectivity index (χ0n) is 17.0. The van der Waals surface area contributed by atoms with Gasteiger partial charge < -0.3 is 14.0 Å². The summed E-state index contributed by atoms with van der Waals surface area (Å²) in [5.41, 5.74) is 3.11. The van der Waals surface area contributed by atoms with E-state index in [1.807, 2.05) is 60.7 Å². The number of rotatable bonds is 8. The van der Waals surface area contributed by atoms with Crippen LogP contribution in [0.4, 0.5) is 0 Å². The lowest BCUT2D eigenvalue weighted by molar-refractivity contribution is 0.104. The van der Waals surface area contributed by atoms with E-state index in [0.717, 1.165) is 16.9 Å². The Morgan fingerprint density at radius 2 is 1.71 bits per heavy atom. The molecule has 4 rings (SSSR count). The Hall–Kier alpha value is -4.12. The summed E-state index contributed by atoms with van der Waals surface area (Å²) in [7, 11) is 1.62. The Balaban J connectivity index is 1.36. The van der Waals surface area contributed by atoms with E-state index >= 15 is 0 Å². The molecule has 0 radical (unpaired) electrons. The summed E-state index contributed by atoms with van der Waals surface area (Å²) in [5.74, 6) is 1.89. The summed E-state index contributed by atoms with van der Waals surface area (Å²) in [5, 5.41) is 4.10. The van der Waals surface area contributed by atoms with E-state index in [0.29, 0.717) is 22.8 Å². The number of nitrogens with zero attached hydrogens (tertiary/aromatic N) is 1.